The summed E-state index contributed by atoms with van der Waals surface area (Å²) in [4.78, 5) is 13.5. The summed E-state index contributed by atoms with van der Waals surface area (Å²) in [5.74, 6) is 15.8. The third kappa shape index (κ3) is 11.8. The molecule has 1 saturated heterocycles. The van der Waals surface area contributed by atoms with E-state index in [1.165, 1.54) is 24.5 Å². The van der Waals surface area contributed by atoms with E-state index in [9.17, 15) is 25.2 Å². The molecule has 1 unspecified atom stereocenters. The number of carbonyl (C=O) groups is 1. The van der Waals surface area contributed by atoms with Crippen LogP contribution < -0.4 is 35.9 Å². The SMILES string of the molecule is CCC1=CC2=C(C#C[C@H]3C#C[C@@H]4Cc5cccc(c5)C[C@@H]2[C@H]2CC[C@@]5(Cc6cc(O)cc(OCO)c6-c6ccc7c(c65)O[C@H](c5c6c(c(O)c(c53)CNC[C@H](CO)[C@H]4COC)O[C@@H]3[C@H](C=C6)N[C@@H]4CCC[C@H](CSS[C@H]3Cc3ccccc3)C4)[C@H]7COC(C)=O)C2)NC1N. The van der Waals surface area contributed by atoms with Gasteiger partial charge < -0.3 is 65.8 Å². The van der Waals surface area contributed by atoms with E-state index in [1.807, 2.05) is 27.7 Å². The number of phenolic OH excluding ortho intramolecular Hbond substituents is 2. The van der Waals surface area contributed by atoms with Crippen molar-refractivity contribution in [3.63, 3.8) is 0 Å². The van der Waals surface area contributed by atoms with Gasteiger partial charge in [-0.3, -0.25) is 4.79 Å². The Morgan fingerprint density at radius 3 is 2.62 bits per heavy atom. The summed E-state index contributed by atoms with van der Waals surface area (Å²) in [5.41, 5.74) is 20.2. The van der Waals surface area contributed by atoms with E-state index in [1.54, 1.807) is 13.2 Å². The average Bonchev–Trinajstić information content (AvgIpc) is 1.45. The quantitative estimate of drug-likeness (QED) is 0.0283. The molecule has 2 saturated carbocycles. The van der Waals surface area contributed by atoms with E-state index in [4.69, 9.17) is 29.4 Å². The van der Waals surface area contributed by atoms with Gasteiger partial charge in [0.15, 0.2) is 18.3 Å². The van der Waals surface area contributed by atoms with E-state index in [0.29, 0.717) is 72.3 Å². The van der Waals surface area contributed by atoms with E-state index in [0.717, 1.165) is 113 Å². The van der Waals surface area contributed by atoms with Crippen LogP contribution in [-0.2, 0) is 51.9 Å². The van der Waals surface area contributed by atoms with Crippen molar-refractivity contribution in [3.05, 3.63) is 163 Å². The predicted molar refractivity (Wildman–Crippen MR) is 368 cm³/mol. The molecule has 16 heteroatoms. The van der Waals surface area contributed by atoms with Crippen LogP contribution in [0.2, 0.25) is 0 Å². The predicted octanol–water partition coefficient (Wildman–Crippen LogP) is 11.4. The summed E-state index contributed by atoms with van der Waals surface area (Å²) in [6.45, 7) is 3.71. The van der Waals surface area contributed by atoms with Crippen molar-refractivity contribution in [1.82, 2.24) is 16.0 Å². The third-order valence-electron chi connectivity index (χ3n) is 22.5. The average molecular weight is 1300 g/mol. The maximum Gasteiger partial charge on any atom is 0.302 e. The second-order valence-corrected chi connectivity index (χ2v) is 30.7. The van der Waals surface area contributed by atoms with Gasteiger partial charge in [0.05, 0.1) is 35.7 Å². The summed E-state index contributed by atoms with van der Waals surface area (Å²) in [7, 11) is 5.55. The van der Waals surface area contributed by atoms with Gasteiger partial charge in [0, 0.05) is 108 Å². The van der Waals surface area contributed by atoms with Gasteiger partial charge in [0.25, 0.3) is 0 Å². The largest absolute Gasteiger partial charge is 0.508 e. The summed E-state index contributed by atoms with van der Waals surface area (Å²) in [5, 5.41) is 59.4. The molecule has 10 aliphatic rings. The number of carbonyl (C=O) groups excluding carboxylic acids is 1. The van der Waals surface area contributed by atoms with Crippen LogP contribution in [0.1, 0.15) is 139 Å². The lowest BCUT2D eigenvalue weighted by molar-refractivity contribution is -0.141. The van der Waals surface area contributed by atoms with Crippen LogP contribution in [0.5, 0.6) is 28.7 Å². The van der Waals surface area contributed by atoms with Gasteiger partial charge in [0.2, 0.25) is 0 Å². The van der Waals surface area contributed by atoms with E-state index < -0.39 is 48.4 Å². The molecule has 94 heavy (non-hydrogen) atoms. The van der Waals surface area contributed by atoms with Crippen LogP contribution in [0, 0.1) is 59.2 Å². The Kier molecular flexibility index (Phi) is 17.9. The molecule has 3 fully saturated rings. The number of methoxy groups -OCH3 is 1. The molecule has 0 aromatic heterocycles. The minimum absolute atomic E-state index is 0.0229. The number of benzene rings is 5. The van der Waals surface area contributed by atoms with Crippen molar-refractivity contribution in [1.29, 1.82) is 0 Å². The number of dihydropyridines is 1. The minimum Gasteiger partial charge on any atom is -0.508 e. The molecule has 4 aliphatic carbocycles. The highest BCUT2D eigenvalue weighted by atomic mass is 33.1. The Labute approximate surface area is 560 Å². The lowest BCUT2D eigenvalue weighted by atomic mass is 9.64. The first kappa shape index (κ1) is 63.2. The zero-order chi connectivity index (χ0) is 64.4. The van der Waals surface area contributed by atoms with Crippen LogP contribution in [0.25, 0.3) is 17.2 Å². The maximum absolute atomic E-state index is 14.0. The number of phenols is 2. The summed E-state index contributed by atoms with van der Waals surface area (Å²) in [6, 6.07) is 27.3. The number of nitrogens with one attached hydrogen (secondary N) is 3. The number of aromatic hydroxyl groups is 2. The molecule has 5 aromatic carbocycles. The van der Waals surface area contributed by atoms with E-state index >= 15 is 0 Å². The zero-order valence-corrected chi connectivity index (χ0v) is 55.5. The number of nitrogens with two attached hydrogens (primary N) is 1. The molecular formula is C78H86N4O10S2. The van der Waals surface area contributed by atoms with Crippen LogP contribution in [0.15, 0.2) is 108 Å². The van der Waals surface area contributed by atoms with Crippen LogP contribution >= 0.6 is 21.6 Å². The Hall–Kier alpha value is -6.83. The lowest BCUT2D eigenvalue weighted by Crippen LogP contribution is -2.52. The van der Waals surface area contributed by atoms with Gasteiger partial charge in [-0.2, -0.15) is 0 Å². The first-order chi connectivity index (χ1) is 45.9. The van der Waals surface area contributed by atoms with Gasteiger partial charge in [-0.15, -0.1) is 0 Å². The van der Waals surface area contributed by atoms with E-state index in [-0.39, 0.29) is 78.2 Å². The number of esters is 1. The first-order valence-corrected chi connectivity index (χ1v) is 36.6. The van der Waals surface area contributed by atoms with Crippen molar-refractivity contribution in [2.75, 3.05) is 46.0 Å². The fraction of sp³-hybridized carbons (Fsp3) is 0.474. The molecule has 11 bridgehead atoms. The summed E-state index contributed by atoms with van der Waals surface area (Å²) in [6.07, 6.45) is 15.1. The Morgan fingerprint density at radius 1 is 0.936 bits per heavy atom. The molecule has 490 valence electrons. The smallest absolute Gasteiger partial charge is 0.302 e. The molecule has 15 rings (SSSR count). The van der Waals surface area contributed by atoms with Gasteiger partial charge in [0.1, 0.15) is 42.0 Å². The van der Waals surface area contributed by atoms with Gasteiger partial charge in [-0.05, 0) is 145 Å². The van der Waals surface area contributed by atoms with Gasteiger partial charge in [-0.1, -0.05) is 138 Å². The highest BCUT2D eigenvalue weighted by Crippen LogP contribution is 2.65. The Morgan fingerprint density at radius 2 is 1.80 bits per heavy atom. The van der Waals surface area contributed by atoms with Crippen LogP contribution in [0.4, 0.5) is 0 Å². The monoisotopic (exact) mass is 1300 g/mol. The second kappa shape index (κ2) is 26.6. The van der Waals surface area contributed by atoms with Crippen molar-refractivity contribution in [2.24, 2.45) is 41.2 Å². The molecule has 6 aliphatic heterocycles. The number of hydrogen-bond donors (Lipinski definition) is 8. The lowest BCUT2D eigenvalue weighted by Gasteiger charge is -2.40. The zero-order valence-electron chi connectivity index (χ0n) is 53.9. The molecule has 9 N–H and O–H groups in total. The Balaban J connectivity index is 1.06. The molecular weight excluding hydrogens is 1220 g/mol. The third-order valence-corrected chi connectivity index (χ3v) is 25.5. The maximum atomic E-state index is 14.0. The molecule has 1 spiro atoms. The van der Waals surface area contributed by atoms with Crippen LogP contribution in [-0.4, -0.2) is 102 Å². The van der Waals surface area contributed by atoms with Gasteiger partial charge in [-0.25, -0.2) is 0 Å². The molecule has 6 heterocycles. The molecule has 0 radical (unpaired) electrons. The highest BCUT2D eigenvalue weighted by molar-refractivity contribution is 8.77. The van der Waals surface area contributed by atoms with Gasteiger partial charge >= 0.3 is 5.97 Å². The number of allylic oxidation sites excluding steroid dienone is 3. The first-order valence-electron chi connectivity index (χ1n) is 34.2. The van der Waals surface area contributed by atoms with Crippen molar-refractivity contribution < 1.29 is 48.9 Å². The summed E-state index contributed by atoms with van der Waals surface area (Å²) >= 11 is 0. The molecule has 0 amide bonds. The van der Waals surface area contributed by atoms with Crippen LogP contribution in [0.3, 0.4) is 0 Å². The van der Waals surface area contributed by atoms with Crippen molar-refractivity contribution in [2.45, 2.75) is 150 Å². The number of ether oxygens (including phenoxy) is 5. The number of aliphatic hydroxyl groups is 2. The normalized spacial score (nSPS) is 30.9. The standard InChI is InChI=1S/C78H86N4O10S2/c1-4-48-32-60-59-29-46-13-8-12-45(26-46)27-50-17-16-49(18-22-64(60)82-77(48)79)69-61(37-80-36-53(38-83)62(50)39-88-3)72(87)75-58(21-23-65-76(92-75)67(30-44-10-6-5-7-11-44)94-93-41-47-14-9-15-54(28-47)81-65)70(69)73-63(40-89-43(2)85)56-19-20-57-68-52(31-55(86)33-66(68)90-42-84)35-78(25-24-51(59)34-78)71(57)74(56)91-73/h5-8,10-13,19-21,23,26,31-33,47,49-51,53-54,59,62-63,65,67,73,76-77,80-84,86-87H,4,9,14-15,24-25,27-30,34-42,79H2,1-3H3/t47-,49+,50+,51-,53+,54+,59+,62-,63-,65-,67-,73-,76+,77?,78-/m0/s1. The number of fused-ring (bicyclic) bond motifs is 14. The Bertz CT molecular complexity index is 4000. The molecule has 15 atom stereocenters. The minimum atomic E-state index is -0.899. The fourth-order valence-electron chi connectivity index (χ4n) is 18.1. The second-order valence-electron chi connectivity index (χ2n) is 28.1. The number of hydrogen-bond acceptors (Lipinski definition) is 16. The van der Waals surface area contributed by atoms with Crippen molar-refractivity contribution >= 4 is 33.6 Å². The highest BCUT2D eigenvalue weighted by Gasteiger charge is 2.54. The fourth-order valence-corrected chi connectivity index (χ4v) is 21.3. The number of rotatable bonds is 10. The molecule has 5 aromatic rings. The number of aliphatic hydroxyl groups excluding tert-OH is 2. The summed E-state index contributed by atoms with van der Waals surface area (Å²) < 4.78 is 34.5. The topological polar surface area (TPSA) is 206 Å². The van der Waals surface area contributed by atoms with E-state index in [2.05, 4.69) is 132 Å². The van der Waals surface area contributed by atoms with Crippen molar-refractivity contribution in [3.8, 4) is 63.6 Å². The molecule has 14 nitrogen and oxygen atoms in total.